The molecule has 14 heavy (non-hydrogen) atoms. The third kappa shape index (κ3) is 1.96. The molecule has 1 nitrogen and oxygen atoms in total. The van der Waals surface area contributed by atoms with Crippen LogP contribution in [-0.2, 0) is 0 Å². The van der Waals surface area contributed by atoms with Gasteiger partial charge in [0, 0.05) is 0 Å². The fourth-order valence-corrected chi connectivity index (χ4v) is 1.68. The fourth-order valence-electron chi connectivity index (χ4n) is 1.23. The van der Waals surface area contributed by atoms with Crippen molar-refractivity contribution >= 4 is 28.6 Å². The zero-order chi connectivity index (χ0) is 9.97. The highest BCUT2D eigenvalue weighted by atomic mass is 79.9. The molecule has 1 heterocycles. The van der Waals surface area contributed by atoms with E-state index in [2.05, 4.69) is 22.5 Å². The summed E-state index contributed by atoms with van der Waals surface area (Å²) in [4.78, 5) is 0. The van der Waals surface area contributed by atoms with Crippen LogP contribution >= 0.6 is 15.9 Å². The van der Waals surface area contributed by atoms with Crippen molar-refractivity contribution < 1.29 is 4.42 Å². The molecule has 70 valence electrons. The third-order valence-electron chi connectivity index (χ3n) is 1.86. The first-order valence-corrected chi connectivity index (χ1v) is 5.06. The number of hydrogen-bond acceptors (Lipinski definition) is 1. The van der Waals surface area contributed by atoms with E-state index in [1.807, 2.05) is 42.5 Å². The van der Waals surface area contributed by atoms with Crippen LogP contribution in [-0.4, -0.2) is 0 Å². The summed E-state index contributed by atoms with van der Waals surface area (Å²) in [7, 11) is 0. The Morgan fingerprint density at radius 2 is 1.93 bits per heavy atom. The van der Waals surface area contributed by atoms with Gasteiger partial charge in [0.15, 0.2) is 0 Å². The largest absolute Gasteiger partial charge is 0.457 e. The second-order valence-corrected chi connectivity index (χ2v) is 3.83. The maximum absolute atomic E-state index is 5.40. The predicted molar refractivity (Wildman–Crippen MR) is 61.2 cm³/mol. The first-order valence-electron chi connectivity index (χ1n) is 4.27. The lowest BCUT2D eigenvalue weighted by molar-refractivity contribution is 0.502. The first-order chi connectivity index (χ1) is 6.75. The molecule has 0 saturated carbocycles. The van der Waals surface area contributed by atoms with Gasteiger partial charge in [-0.25, -0.2) is 0 Å². The molecule has 1 aromatic carbocycles. The molecule has 2 rings (SSSR count). The molecule has 0 N–H and O–H groups in total. The summed E-state index contributed by atoms with van der Waals surface area (Å²) in [6.07, 6.45) is 1.97. The summed E-state index contributed by atoms with van der Waals surface area (Å²) in [5.74, 6) is 0. The van der Waals surface area contributed by atoms with Gasteiger partial charge in [-0.2, -0.15) is 0 Å². The van der Waals surface area contributed by atoms with E-state index in [1.54, 1.807) is 0 Å². The fraction of sp³-hybridized carbons (Fsp3) is 0. The van der Waals surface area contributed by atoms with Crippen molar-refractivity contribution in [1.29, 1.82) is 0 Å². The van der Waals surface area contributed by atoms with Crippen LogP contribution in [0.2, 0.25) is 0 Å². The highest BCUT2D eigenvalue weighted by molar-refractivity contribution is 9.10. The van der Waals surface area contributed by atoms with E-state index in [0.29, 0.717) is 5.42 Å². The average Bonchev–Trinajstić information content (AvgIpc) is 2.47. The lowest BCUT2D eigenvalue weighted by atomic mass is 10.2. The molecular weight excluding hydrogens is 240 g/mol. The Labute approximate surface area is 90.5 Å². The Hall–Kier alpha value is -1.28. The Morgan fingerprint density at radius 3 is 2.50 bits per heavy atom. The monoisotopic (exact) mass is 248 g/mol. The van der Waals surface area contributed by atoms with Gasteiger partial charge in [-0.1, -0.05) is 36.9 Å². The highest BCUT2D eigenvalue weighted by Crippen LogP contribution is 2.02. The maximum atomic E-state index is 5.40. The van der Waals surface area contributed by atoms with Gasteiger partial charge in [0.05, 0.1) is 4.47 Å². The SMILES string of the molecule is C=c1cc(Br)/c(=C/c2ccccc2)o1. The number of benzene rings is 1. The molecule has 0 aliphatic heterocycles. The van der Waals surface area contributed by atoms with Gasteiger partial charge in [-0.05, 0) is 33.6 Å². The molecule has 0 saturated heterocycles. The van der Waals surface area contributed by atoms with Crippen LogP contribution in [0.3, 0.4) is 0 Å². The summed E-state index contributed by atoms with van der Waals surface area (Å²) in [5, 5.41) is 0. The normalized spacial score (nSPS) is 11.9. The Kier molecular flexibility index (Phi) is 2.55. The quantitative estimate of drug-likeness (QED) is 0.755. The minimum atomic E-state index is 0.666. The van der Waals surface area contributed by atoms with E-state index < -0.39 is 0 Å². The molecule has 0 fully saturated rings. The van der Waals surface area contributed by atoms with Gasteiger partial charge >= 0.3 is 0 Å². The van der Waals surface area contributed by atoms with E-state index in [0.717, 1.165) is 15.5 Å². The van der Waals surface area contributed by atoms with Crippen molar-refractivity contribution in [3.8, 4) is 0 Å². The minimum Gasteiger partial charge on any atom is -0.457 e. The Bertz CT molecular complexity index is 525. The molecule has 2 aromatic rings. The zero-order valence-corrected chi connectivity index (χ0v) is 9.12. The summed E-state index contributed by atoms with van der Waals surface area (Å²) < 4.78 is 6.34. The highest BCUT2D eigenvalue weighted by Gasteiger charge is 1.94. The molecule has 0 aliphatic rings. The smallest absolute Gasteiger partial charge is 0.142 e. The van der Waals surface area contributed by atoms with Crippen molar-refractivity contribution in [3.05, 3.63) is 57.3 Å². The Morgan fingerprint density at radius 1 is 1.21 bits per heavy atom. The van der Waals surface area contributed by atoms with Crippen molar-refractivity contribution in [1.82, 2.24) is 0 Å². The molecule has 2 heteroatoms. The van der Waals surface area contributed by atoms with Crippen LogP contribution < -0.4 is 10.8 Å². The van der Waals surface area contributed by atoms with Gasteiger partial charge in [0.25, 0.3) is 0 Å². The van der Waals surface area contributed by atoms with Crippen LogP contribution in [0.25, 0.3) is 12.7 Å². The van der Waals surface area contributed by atoms with Crippen molar-refractivity contribution in [2.75, 3.05) is 0 Å². The molecule has 0 radical (unpaired) electrons. The van der Waals surface area contributed by atoms with Crippen molar-refractivity contribution in [2.24, 2.45) is 0 Å². The van der Waals surface area contributed by atoms with Crippen molar-refractivity contribution in [2.45, 2.75) is 0 Å². The number of hydrogen-bond donors (Lipinski definition) is 0. The van der Waals surface area contributed by atoms with Crippen molar-refractivity contribution in [3.63, 3.8) is 0 Å². The molecule has 0 bridgehead atoms. The van der Waals surface area contributed by atoms with Gasteiger partial charge in [0.2, 0.25) is 0 Å². The van der Waals surface area contributed by atoms with E-state index in [4.69, 9.17) is 4.42 Å². The molecule has 0 aliphatic carbocycles. The number of halogens is 1. The van der Waals surface area contributed by atoms with Crippen LogP contribution in [0.15, 0.2) is 45.3 Å². The van der Waals surface area contributed by atoms with Gasteiger partial charge in [-0.3, -0.25) is 0 Å². The number of furan rings is 1. The molecule has 0 unspecified atom stereocenters. The summed E-state index contributed by atoms with van der Waals surface area (Å²) in [5.41, 5.74) is 2.59. The standard InChI is InChI=1S/C12H9BrO/c1-9-7-11(13)12(14-9)8-10-5-3-2-4-6-10/h2-8H,1H2/b12-8-. The third-order valence-corrected chi connectivity index (χ3v) is 2.48. The van der Waals surface area contributed by atoms with E-state index in [9.17, 15) is 0 Å². The lowest BCUT2D eigenvalue weighted by Gasteiger charge is -1.88. The minimum absolute atomic E-state index is 0.666. The molecular formula is C12H9BrO. The number of rotatable bonds is 1. The van der Waals surface area contributed by atoms with Crippen LogP contribution in [0, 0.1) is 0 Å². The predicted octanol–water partition coefficient (Wildman–Crippen LogP) is 2.28. The summed E-state index contributed by atoms with van der Waals surface area (Å²) in [6, 6.07) is 11.9. The van der Waals surface area contributed by atoms with E-state index >= 15 is 0 Å². The van der Waals surface area contributed by atoms with E-state index in [1.165, 1.54) is 0 Å². The Balaban J connectivity index is 2.55. The van der Waals surface area contributed by atoms with E-state index in [-0.39, 0.29) is 0 Å². The second kappa shape index (κ2) is 3.84. The van der Waals surface area contributed by atoms with Gasteiger partial charge < -0.3 is 4.42 Å². The molecule has 0 atom stereocenters. The van der Waals surface area contributed by atoms with Crippen LogP contribution in [0.4, 0.5) is 0 Å². The molecule has 1 aromatic heterocycles. The molecule has 0 amide bonds. The zero-order valence-electron chi connectivity index (χ0n) is 7.53. The van der Waals surface area contributed by atoms with Crippen LogP contribution in [0.5, 0.6) is 0 Å². The topological polar surface area (TPSA) is 13.1 Å². The molecule has 0 spiro atoms. The van der Waals surface area contributed by atoms with Gasteiger partial charge in [-0.15, -0.1) is 0 Å². The first kappa shape index (κ1) is 9.28. The van der Waals surface area contributed by atoms with Gasteiger partial charge in [0.1, 0.15) is 10.8 Å². The lowest BCUT2D eigenvalue weighted by Crippen LogP contribution is -1.98. The second-order valence-electron chi connectivity index (χ2n) is 2.98. The van der Waals surface area contributed by atoms with Crippen LogP contribution in [0.1, 0.15) is 5.56 Å². The average molecular weight is 249 g/mol. The summed E-state index contributed by atoms with van der Waals surface area (Å²) in [6.45, 7) is 3.73. The maximum Gasteiger partial charge on any atom is 0.142 e. The summed E-state index contributed by atoms with van der Waals surface area (Å²) >= 11 is 3.41.